The van der Waals surface area contributed by atoms with Crippen LogP contribution < -0.4 is 5.32 Å². The van der Waals surface area contributed by atoms with Crippen LogP contribution in [0, 0.1) is 13.8 Å². The van der Waals surface area contributed by atoms with Gasteiger partial charge in [-0.2, -0.15) is 0 Å². The van der Waals surface area contributed by atoms with Gasteiger partial charge in [0.15, 0.2) is 0 Å². The largest absolute Gasteiger partial charge is 0.465 e. The van der Waals surface area contributed by atoms with Gasteiger partial charge in [-0.05, 0) is 26.0 Å². The van der Waals surface area contributed by atoms with Crippen LogP contribution in [0.15, 0.2) is 16.6 Å². The Morgan fingerprint density at radius 3 is 2.76 bits per heavy atom. The lowest BCUT2D eigenvalue weighted by Gasteiger charge is -1.93. The molecule has 1 amide bonds. The molecule has 0 aliphatic rings. The number of rotatable bonds is 4. The third-order valence-corrected chi connectivity index (χ3v) is 3.25. The Hall–Kier alpha value is -2.48. The molecule has 0 unspecified atom stereocenters. The highest BCUT2D eigenvalue weighted by atomic mass is 32.1. The molecule has 21 heavy (non-hydrogen) atoms. The molecule has 0 atom stereocenters. The Morgan fingerprint density at radius 1 is 1.38 bits per heavy atom. The van der Waals surface area contributed by atoms with Crippen molar-refractivity contribution in [3.8, 4) is 0 Å². The van der Waals surface area contributed by atoms with Gasteiger partial charge in [-0.3, -0.25) is 10.1 Å². The van der Waals surface area contributed by atoms with Crippen LogP contribution in [0.25, 0.3) is 6.08 Å². The number of carbonyl (C=O) groups excluding carboxylic acids is 2. The molecule has 8 heteroatoms. The predicted octanol–water partition coefficient (Wildman–Crippen LogP) is 2.19. The van der Waals surface area contributed by atoms with Gasteiger partial charge >= 0.3 is 5.97 Å². The van der Waals surface area contributed by atoms with Crippen molar-refractivity contribution in [2.75, 3.05) is 12.4 Å². The van der Waals surface area contributed by atoms with Crippen molar-refractivity contribution in [2.45, 2.75) is 13.8 Å². The molecule has 0 aliphatic heterocycles. The number of aromatic nitrogens is 2. The second-order valence-electron chi connectivity index (χ2n) is 4.06. The molecule has 1 N–H and O–H groups in total. The van der Waals surface area contributed by atoms with E-state index in [1.807, 2.05) is 0 Å². The lowest BCUT2D eigenvalue weighted by molar-refractivity contribution is -0.111. The lowest BCUT2D eigenvalue weighted by atomic mass is 10.2. The summed E-state index contributed by atoms with van der Waals surface area (Å²) in [6.45, 7) is 3.44. The SMILES string of the molecule is COC(=O)c1cc(C=CC(=O)Nc2nnc(C)s2)oc1C. The summed E-state index contributed by atoms with van der Waals surface area (Å²) in [5.74, 6) is -0.0253. The highest BCUT2D eigenvalue weighted by Crippen LogP contribution is 2.17. The maximum atomic E-state index is 11.7. The molecule has 0 aliphatic carbocycles. The van der Waals surface area contributed by atoms with E-state index in [9.17, 15) is 9.59 Å². The van der Waals surface area contributed by atoms with Crippen molar-refractivity contribution < 1.29 is 18.7 Å². The third kappa shape index (κ3) is 3.76. The van der Waals surface area contributed by atoms with Gasteiger partial charge in [0.05, 0.1) is 7.11 Å². The summed E-state index contributed by atoms with van der Waals surface area (Å²) in [6.07, 6.45) is 2.75. The molecular weight excluding hydrogens is 294 g/mol. The van der Waals surface area contributed by atoms with Crippen LogP contribution in [0.2, 0.25) is 0 Å². The van der Waals surface area contributed by atoms with Crippen molar-refractivity contribution >= 4 is 34.4 Å². The molecule has 2 aromatic rings. The van der Waals surface area contributed by atoms with Crippen LogP contribution in [0.3, 0.4) is 0 Å². The number of ether oxygens (including phenoxy) is 1. The lowest BCUT2D eigenvalue weighted by Crippen LogP contribution is -2.07. The maximum absolute atomic E-state index is 11.7. The number of anilines is 1. The molecule has 0 aromatic carbocycles. The first-order chi connectivity index (χ1) is 9.99. The fraction of sp³-hybridized carbons (Fsp3) is 0.231. The minimum absolute atomic E-state index is 0.331. The minimum atomic E-state index is -0.482. The quantitative estimate of drug-likeness (QED) is 0.687. The highest BCUT2D eigenvalue weighted by Gasteiger charge is 2.14. The molecular formula is C13H13N3O4S. The van der Waals surface area contributed by atoms with Gasteiger partial charge in [-0.15, -0.1) is 10.2 Å². The Bertz CT molecular complexity index is 702. The van der Waals surface area contributed by atoms with Gasteiger partial charge in [-0.1, -0.05) is 11.3 Å². The zero-order chi connectivity index (χ0) is 15.4. The monoisotopic (exact) mass is 307 g/mol. The van der Waals surface area contributed by atoms with E-state index in [0.717, 1.165) is 5.01 Å². The number of methoxy groups -OCH3 is 1. The molecule has 0 radical (unpaired) electrons. The van der Waals surface area contributed by atoms with Gasteiger partial charge < -0.3 is 9.15 Å². The standard InChI is InChI=1S/C13H13N3O4S/c1-7-10(12(18)19-3)6-9(20-7)4-5-11(17)14-13-16-15-8(2)21-13/h4-6H,1-3H3,(H,14,16,17). The number of amides is 1. The average Bonchev–Trinajstić information content (AvgIpc) is 3.02. The zero-order valence-electron chi connectivity index (χ0n) is 11.7. The molecule has 0 bridgehead atoms. The predicted molar refractivity (Wildman–Crippen MR) is 77.1 cm³/mol. The van der Waals surface area contributed by atoms with Crippen LogP contribution in [0.5, 0.6) is 0 Å². The van der Waals surface area contributed by atoms with E-state index in [2.05, 4.69) is 20.3 Å². The Balaban J connectivity index is 2.03. The molecule has 0 fully saturated rings. The van der Waals surface area contributed by atoms with Crippen LogP contribution in [-0.4, -0.2) is 29.2 Å². The third-order valence-electron chi connectivity index (χ3n) is 2.50. The number of hydrogen-bond acceptors (Lipinski definition) is 7. The second-order valence-corrected chi connectivity index (χ2v) is 5.24. The van der Waals surface area contributed by atoms with Gasteiger partial charge in [0.2, 0.25) is 11.0 Å². The van der Waals surface area contributed by atoms with E-state index in [1.54, 1.807) is 13.8 Å². The summed E-state index contributed by atoms with van der Waals surface area (Å²) < 4.78 is 9.97. The van der Waals surface area contributed by atoms with E-state index in [-0.39, 0.29) is 5.91 Å². The number of esters is 1. The summed E-state index contributed by atoms with van der Waals surface area (Å²) >= 11 is 1.28. The van der Waals surface area contributed by atoms with E-state index >= 15 is 0 Å². The van der Waals surface area contributed by atoms with Gasteiger partial charge in [0.1, 0.15) is 22.1 Å². The molecule has 2 rings (SSSR count). The Kier molecular flexibility index (Phi) is 4.49. The number of carbonyl (C=O) groups is 2. The zero-order valence-corrected chi connectivity index (χ0v) is 12.5. The number of nitrogens with one attached hydrogen (secondary N) is 1. The fourth-order valence-electron chi connectivity index (χ4n) is 1.55. The molecule has 0 spiro atoms. The summed E-state index contributed by atoms with van der Waals surface area (Å²) in [5.41, 5.74) is 0.331. The van der Waals surface area contributed by atoms with Crippen LogP contribution in [-0.2, 0) is 9.53 Å². The van der Waals surface area contributed by atoms with E-state index in [4.69, 9.17) is 4.42 Å². The summed E-state index contributed by atoms with van der Waals surface area (Å²) in [7, 11) is 1.29. The van der Waals surface area contributed by atoms with E-state index in [0.29, 0.717) is 22.2 Å². The molecule has 2 heterocycles. The topological polar surface area (TPSA) is 94.3 Å². The number of aryl methyl sites for hydroxylation is 2. The number of furan rings is 1. The van der Waals surface area contributed by atoms with Crippen molar-refractivity contribution in [1.29, 1.82) is 0 Å². The van der Waals surface area contributed by atoms with Gasteiger partial charge in [-0.25, -0.2) is 4.79 Å². The van der Waals surface area contributed by atoms with E-state index < -0.39 is 5.97 Å². The molecule has 0 saturated carbocycles. The smallest absolute Gasteiger partial charge is 0.341 e. The Morgan fingerprint density at radius 2 is 2.14 bits per heavy atom. The minimum Gasteiger partial charge on any atom is -0.465 e. The highest BCUT2D eigenvalue weighted by molar-refractivity contribution is 7.15. The van der Waals surface area contributed by atoms with Gasteiger partial charge in [0.25, 0.3) is 0 Å². The number of nitrogens with zero attached hydrogens (tertiary/aromatic N) is 2. The van der Waals surface area contributed by atoms with Crippen LogP contribution >= 0.6 is 11.3 Å². The van der Waals surface area contributed by atoms with Gasteiger partial charge in [0, 0.05) is 6.08 Å². The Labute approximate surface area is 124 Å². The van der Waals surface area contributed by atoms with Crippen LogP contribution in [0.4, 0.5) is 5.13 Å². The second kappa shape index (κ2) is 6.31. The first-order valence-corrected chi connectivity index (χ1v) is 6.79. The van der Waals surface area contributed by atoms with Crippen LogP contribution in [0.1, 0.15) is 26.9 Å². The first-order valence-electron chi connectivity index (χ1n) is 5.97. The van der Waals surface area contributed by atoms with E-state index in [1.165, 1.54) is 36.7 Å². The van der Waals surface area contributed by atoms with Crippen molar-refractivity contribution in [3.63, 3.8) is 0 Å². The normalized spacial score (nSPS) is 10.8. The number of hydrogen-bond donors (Lipinski definition) is 1. The van der Waals surface area contributed by atoms with Crippen molar-refractivity contribution in [1.82, 2.24) is 10.2 Å². The van der Waals surface area contributed by atoms with Crippen molar-refractivity contribution in [3.05, 3.63) is 34.2 Å². The molecule has 7 nitrogen and oxygen atoms in total. The first kappa shape index (κ1) is 14.9. The molecule has 110 valence electrons. The molecule has 2 aromatic heterocycles. The summed E-state index contributed by atoms with van der Waals surface area (Å²) in [4.78, 5) is 23.1. The fourth-order valence-corrected chi connectivity index (χ4v) is 2.15. The average molecular weight is 307 g/mol. The maximum Gasteiger partial charge on any atom is 0.341 e. The molecule has 0 saturated heterocycles. The summed E-state index contributed by atoms with van der Waals surface area (Å²) in [6, 6.07) is 1.51. The summed E-state index contributed by atoms with van der Waals surface area (Å²) in [5, 5.41) is 11.3. The van der Waals surface area contributed by atoms with Crippen molar-refractivity contribution in [2.24, 2.45) is 0 Å².